The second-order valence-electron chi connectivity index (χ2n) is 11.6. The second kappa shape index (κ2) is 10.8. The Labute approximate surface area is 224 Å². The number of hydrogen-bond donors (Lipinski definition) is 2. The molecule has 1 aliphatic rings. The molecule has 0 bridgehead atoms. The molecular weight excluding hydrogens is 500 g/mol. The van der Waals surface area contributed by atoms with E-state index in [1.807, 2.05) is 25.1 Å². The lowest BCUT2D eigenvalue weighted by Crippen LogP contribution is -2.47. The number of aryl methyl sites for hydroxylation is 1. The molecule has 3 aromatic rings. The number of fused-ring (bicyclic) bond motifs is 1. The molecular formula is C29H36N4O4S. The van der Waals surface area contributed by atoms with Crippen LogP contribution in [0.4, 0.5) is 4.79 Å². The van der Waals surface area contributed by atoms with Gasteiger partial charge in [-0.3, -0.25) is 0 Å². The number of nitrogens with zero attached hydrogens (tertiary/aromatic N) is 2. The fraction of sp³-hybridized carbons (Fsp3) is 0.448. The Morgan fingerprint density at radius 2 is 1.82 bits per heavy atom. The number of benzene rings is 2. The molecule has 0 spiro atoms. The van der Waals surface area contributed by atoms with Crippen LogP contribution < -0.4 is 10.6 Å². The third-order valence-corrected chi connectivity index (χ3v) is 9.04. The number of hydrogen-bond acceptors (Lipinski definition) is 5. The van der Waals surface area contributed by atoms with Crippen LogP contribution in [0.15, 0.2) is 64.6 Å². The number of amides is 2. The second-order valence-corrected chi connectivity index (χ2v) is 13.4. The first-order valence-electron chi connectivity index (χ1n) is 12.9. The molecule has 202 valence electrons. The number of isocyanates is 1. The Morgan fingerprint density at radius 1 is 1.08 bits per heavy atom. The molecule has 0 radical (unpaired) electrons. The lowest BCUT2D eigenvalue weighted by atomic mass is 9.63. The first-order valence-corrected chi connectivity index (χ1v) is 14.4. The molecule has 1 saturated carbocycles. The van der Waals surface area contributed by atoms with Gasteiger partial charge in [-0.2, -0.15) is 0 Å². The molecule has 1 aromatic heterocycles. The van der Waals surface area contributed by atoms with E-state index < -0.39 is 10.0 Å². The summed E-state index contributed by atoms with van der Waals surface area (Å²) in [6, 6.07) is 14.0. The van der Waals surface area contributed by atoms with Crippen molar-refractivity contribution in [3.8, 4) is 0 Å². The van der Waals surface area contributed by atoms with Crippen LogP contribution in [0.5, 0.6) is 0 Å². The molecule has 4 rings (SSSR count). The van der Waals surface area contributed by atoms with Gasteiger partial charge in [-0.05, 0) is 73.3 Å². The minimum atomic E-state index is -3.72. The van der Waals surface area contributed by atoms with E-state index in [-0.39, 0.29) is 27.8 Å². The highest BCUT2D eigenvalue weighted by atomic mass is 32.2. The number of urea groups is 1. The van der Waals surface area contributed by atoms with Gasteiger partial charge in [0, 0.05) is 24.7 Å². The molecule has 2 amide bonds. The maximum atomic E-state index is 13.2. The van der Waals surface area contributed by atoms with Crippen LogP contribution in [0.1, 0.15) is 51.2 Å². The van der Waals surface area contributed by atoms with Crippen LogP contribution in [-0.4, -0.2) is 43.6 Å². The van der Waals surface area contributed by atoms with Crippen LogP contribution in [-0.2, 0) is 21.2 Å². The average molecular weight is 537 g/mol. The lowest BCUT2D eigenvalue weighted by molar-refractivity contribution is 0.0850. The third-order valence-electron chi connectivity index (χ3n) is 7.33. The Hall–Kier alpha value is -3.42. The fourth-order valence-electron chi connectivity index (χ4n) is 5.89. The summed E-state index contributed by atoms with van der Waals surface area (Å²) in [5.74, 6) is 0. The standard InChI is InChI=1S/C29H36N4O4S/c1-21-5-9-25(10-6-21)38(36,37)33-14-12-23-8-7-22(15-26(23)33)11-13-30-27(35)31-19-29(4)17-24(32-20-34)16-28(2,3)18-29/h5-10,12,14-15,24H,11,13,16-19H2,1-4H3,(H2,30,31,35). The first kappa shape index (κ1) is 27.6. The number of aliphatic imine (C=N–C) groups is 1. The van der Waals surface area contributed by atoms with Crippen molar-refractivity contribution in [3.05, 3.63) is 65.9 Å². The minimum absolute atomic E-state index is 0.0272. The number of nitrogens with one attached hydrogen (secondary N) is 2. The summed E-state index contributed by atoms with van der Waals surface area (Å²) in [6.07, 6.45) is 6.32. The van der Waals surface area contributed by atoms with E-state index in [1.165, 1.54) is 3.97 Å². The Kier molecular flexibility index (Phi) is 7.81. The molecule has 8 nitrogen and oxygen atoms in total. The van der Waals surface area contributed by atoms with Crippen molar-refractivity contribution in [1.82, 2.24) is 14.6 Å². The molecule has 2 unspecified atom stereocenters. The van der Waals surface area contributed by atoms with Crippen LogP contribution in [0.2, 0.25) is 0 Å². The van der Waals surface area contributed by atoms with Crippen LogP contribution in [0.3, 0.4) is 0 Å². The summed E-state index contributed by atoms with van der Waals surface area (Å²) >= 11 is 0. The maximum Gasteiger partial charge on any atom is 0.314 e. The van der Waals surface area contributed by atoms with Crippen molar-refractivity contribution in [3.63, 3.8) is 0 Å². The Bertz CT molecular complexity index is 1470. The van der Waals surface area contributed by atoms with Gasteiger partial charge < -0.3 is 10.6 Å². The molecule has 1 aliphatic carbocycles. The monoisotopic (exact) mass is 536 g/mol. The van der Waals surface area contributed by atoms with E-state index in [0.29, 0.717) is 25.0 Å². The van der Waals surface area contributed by atoms with E-state index in [4.69, 9.17) is 0 Å². The summed E-state index contributed by atoms with van der Waals surface area (Å²) in [4.78, 5) is 27.5. The number of carbonyl (C=O) groups is 1. The first-order chi connectivity index (χ1) is 17.9. The molecule has 2 atom stereocenters. The molecule has 0 aliphatic heterocycles. The highest BCUT2D eigenvalue weighted by Crippen LogP contribution is 2.46. The van der Waals surface area contributed by atoms with Crippen LogP contribution in [0.25, 0.3) is 10.9 Å². The van der Waals surface area contributed by atoms with Gasteiger partial charge in [0.15, 0.2) is 0 Å². The van der Waals surface area contributed by atoms with Crippen LogP contribution >= 0.6 is 0 Å². The molecule has 1 heterocycles. The Morgan fingerprint density at radius 3 is 2.53 bits per heavy atom. The topological polar surface area (TPSA) is 110 Å². The Balaban J connectivity index is 1.36. The predicted molar refractivity (Wildman–Crippen MR) is 148 cm³/mol. The van der Waals surface area contributed by atoms with Crippen molar-refractivity contribution in [2.75, 3.05) is 13.1 Å². The highest BCUT2D eigenvalue weighted by molar-refractivity contribution is 7.90. The quantitative estimate of drug-likeness (QED) is 0.314. The summed E-state index contributed by atoms with van der Waals surface area (Å²) in [5.41, 5.74) is 2.39. The highest BCUT2D eigenvalue weighted by Gasteiger charge is 2.41. The van der Waals surface area contributed by atoms with Gasteiger partial charge in [0.2, 0.25) is 6.08 Å². The summed E-state index contributed by atoms with van der Waals surface area (Å²) < 4.78 is 27.8. The normalized spacial score (nSPS) is 21.0. The summed E-state index contributed by atoms with van der Waals surface area (Å²) in [7, 11) is -3.72. The summed E-state index contributed by atoms with van der Waals surface area (Å²) in [5, 5.41) is 6.71. The van der Waals surface area contributed by atoms with E-state index in [2.05, 4.69) is 36.4 Å². The van der Waals surface area contributed by atoms with Gasteiger partial charge in [-0.1, -0.05) is 50.6 Å². The number of rotatable bonds is 8. The van der Waals surface area contributed by atoms with Gasteiger partial charge in [0.05, 0.1) is 16.5 Å². The zero-order valence-corrected chi connectivity index (χ0v) is 23.3. The van der Waals surface area contributed by atoms with Crippen LogP contribution in [0, 0.1) is 17.8 Å². The minimum Gasteiger partial charge on any atom is -0.338 e. The molecule has 2 aromatic carbocycles. The van der Waals surface area contributed by atoms with Gasteiger partial charge in [-0.15, -0.1) is 0 Å². The molecule has 0 saturated heterocycles. The van der Waals surface area contributed by atoms with Gasteiger partial charge in [0.25, 0.3) is 10.0 Å². The van der Waals surface area contributed by atoms with Gasteiger partial charge >= 0.3 is 6.03 Å². The van der Waals surface area contributed by atoms with Crippen molar-refractivity contribution < 1.29 is 18.0 Å². The van der Waals surface area contributed by atoms with E-state index in [0.717, 1.165) is 35.8 Å². The number of carbonyl (C=O) groups excluding carboxylic acids is 2. The van der Waals surface area contributed by atoms with Gasteiger partial charge in [0.1, 0.15) is 0 Å². The fourth-order valence-corrected chi connectivity index (χ4v) is 7.24. The van der Waals surface area contributed by atoms with E-state index in [9.17, 15) is 18.0 Å². The van der Waals surface area contributed by atoms with Gasteiger partial charge in [-0.25, -0.2) is 27.0 Å². The number of aromatic nitrogens is 1. The maximum absolute atomic E-state index is 13.2. The van der Waals surface area contributed by atoms with E-state index >= 15 is 0 Å². The van der Waals surface area contributed by atoms with E-state index in [1.54, 1.807) is 42.6 Å². The van der Waals surface area contributed by atoms with Crippen molar-refractivity contribution >= 4 is 33.0 Å². The lowest BCUT2D eigenvalue weighted by Gasteiger charge is -2.45. The zero-order chi connectivity index (χ0) is 27.6. The third kappa shape index (κ3) is 6.34. The average Bonchev–Trinajstić information content (AvgIpc) is 3.26. The van der Waals surface area contributed by atoms with Crippen molar-refractivity contribution in [2.45, 2.75) is 64.3 Å². The van der Waals surface area contributed by atoms with Crippen molar-refractivity contribution in [2.24, 2.45) is 15.8 Å². The molecule has 38 heavy (non-hydrogen) atoms. The predicted octanol–water partition coefficient (Wildman–Crippen LogP) is 4.95. The smallest absolute Gasteiger partial charge is 0.314 e. The largest absolute Gasteiger partial charge is 0.338 e. The molecule has 9 heteroatoms. The zero-order valence-electron chi connectivity index (χ0n) is 22.5. The molecule has 1 fully saturated rings. The summed E-state index contributed by atoms with van der Waals surface area (Å²) in [6.45, 7) is 9.26. The SMILES string of the molecule is Cc1ccc(S(=O)(=O)n2ccc3ccc(CCNC(=O)NCC4(C)CC(N=C=O)CC(C)(C)C4)cc32)cc1. The van der Waals surface area contributed by atoms with Crippen molar-refractivity contribution in [1.29, 1.82) is 0 Å². The molecule has 2 N–H and O–H groups in total.